The summed E-state index contributed by atoms with van der Waals surface area (Å²) in [5.41, 5.74) is 2.47. The van der Waals surface area contributed by atoms with Gasteiger partial charge in [-0.1, -0.05) is 0 Å². The van der Waals surface area contributed by atoms with Gasteiger partial charge in [0.05, 0.1) is 43.5 Å². The quantitative estimate of drug-likeness (QED) is 0.338. The minimum absolute atomic E-state index is 0.0788. The number of rotatable bonds is 3. The average molecular weight is 606 g/mol. The maximum atomic E-state index is 16.9. The van der Waals surface area contributed by atoms with Crippen molar-refractivity contribution in [3.05, 3.63) is 35.4 Å². The molecule has 0 aliphatic carbocycles. The number of likely N-dealkylation sites (tertiary alicyclic amines) is 1. The Kier molecular flexibility index (Phi) is 7.45. The topological polar surface area (TPSA) is 128 Å². The number of ether oxygens (including phenoxy) is 4. The highest BCUT2D eigenvalue weighted by Gasteiger charge is 2.37. The average Bonchev–Trinajstić information content (AvgIpc) is 3.58. The van der Waals surface area contributed by atoms with Crippen LogP contribution in [0.25, 0.3) is 33.1 Å². The number of anilines is 1. The van der Waals surface area contributed by atoms with Crippen LogP contribution in [0.15, 0.2) is 18.5 Å². The van der Waals surface area contributed by atoms with E-state index in [2.05, 4.69) is 27.1 Å². The number of carbonyl (C=O) groups is 1. The highest BCUT2D eigenvalue weighted by Crippen LogP contribution is 2.39. The Morgan fingerprint density at radius 2 is 2.07 bits per heavy atom. The van der Waals surface area contributed by atoms with E-state index in [1.54, 1.807) is 19.3 Å². The number of nitrogens with one attached hydrogen (secondary N) is 1. The van der Waals surface area contributed by atoms with E-state index in [1.807, 2.05) is 17.9 Å². The van der Waals surface area contributed by atoms with Crippen LogP contribution in [0.5, 0.6) is 6.01 Å². The van der Waals surface area contributed by atoms with Gasteiger partial charge in [-0.15, -0.1) is 0 Å². The lowest BCUT2D eigenvalue weighted by atomic mass is 9.92. The molecule has 0 spiro atoms. The smallest absolute Gasteiger partial charge is 0.462 e. The molecule has 0 unspecified atom stereocenters. The zero-order chi connectivity index (χ0) is 30.4. The standard InChI is InChI=1S/C31H36FN7O5/c1-18-12-23-21(14-34-37-23)24-20(18)7-5-10-42-30(40)44-31(2)16-39(9-11-41-17-31)28-22-13-33-27(24)25(32)26(22)35-29(36-28)43-15-19-6-4-8-38(19)3/h12-14,19H,4-11,15-17H2,1-3H3,(H,34,37)/t19-,31-/m0/s1. The van der Waals surface area contributed by atoms with Crippen LogP contribution < -0.4 is 9.64 Å². The number of likely N-dealkylation sites (N-methyl/N-ethyl adjacent to an activating group) is 1. The molecule has 232 valence electrons. The van der Waals surface area contributed by atoms with Gasteiger partial charge in [0.25, 0.3) is 0 Å². The number of H-pyrrole nitrogens is 1. The SMILES string of the molecule is Cc1cc2[nH]ncc2c2c1CCCOC(=O)O[C@]1(C)COCCN(C1)c1nc(OC[C@@H]3CCCN3C)nc3c(F)c-2ncc13. The molecule has 7 heterocycles. The second kappa shape index (κ2) is 11.4. The van der Waals surface area contributed by atoms with Gasteiger partial charge < -0.3 is 28.7 Å². The second-order valence-electron chi connectivity index (χ2n) is 12.2. The number of aromatic amines is 1. The number of hydrogen-bond donors (Lipinski definition) is 1. The molecular formula is C31H36FN7O5. The molecule has 4 aliphatic heterocycles. The van der Waals surface area contributed by atoms with E-state index in [9.17, 15) is 4.79 Å². The maximum Gasteiger partial charge on any atom is 0.508 e. The van der Waals surface area contributed by atoms with Gasteiger partial charge in [-0.25, -0.2) is 9.18 Å². The van der Waals surface area contributed by atoms with E-state index < -0.39 is 17.6 Å². The Labute approximate surface area is 253 Å². The van der Waals surface area contributed by atoms with Gasteiger partial charge in [-0.3, -0.25) is 10.1 Å². The molecule has 0 amide bonds. The van der Waals surface area contributed by atoms with E-state index in [0.29, 0.717) is 49.4 Å². The van der Waals surface area contributed by atoms with Gasteiger partial charge in [0, 0.05) is 29.7 Å². The fraction of sp³-hybridized carbons (Fsp3) is 0.516. The normalized spacial score (nSPS) is 23.1. The van der Waals surface area contributed by atoms with Crippen molar-refractivity contribution in [2.24, 2.45) is 0 Å². The van der Waals surface area contributed by atoms with Crippen molar-refractivity contribution < 1.29 is 28.1 Å². The number of halogens is 1. The van der Waals surface area contributed by atoms with Crippen LogP contribution in [0.2, 0.25) is 0 Å². The molecule has 0 radical (unpaired) electrons. The summed E-state index contributed by atoms with van der Waals surface area (Å²) in [7, 11) is 2.07. The van der Waals surface area contributed by atoms with Gasteiger partial charge in [0.2, 0.25) is 0 Å². The predicted molar refractivity (Wildman–Crippen MR) is 160 cm³/mol. The molecule has 6 bridgehead atoms. The molecule has 8 rings (SSSR count). The van der Waals surface area contributed by atoms with Gasteiger partial charge in [0.1, 0.15) is 23.6 Å². The van der Waals surface area contributed by atoms with E-state index in [4.69, 9.17) is 28.9 Å². The lowest BCUT2D eigenvalue weighted by molar-refractivity contribution is -0.0575. The Bertz CT molecular complexity index is 1730. The van der Waals surface area contributed by atoms with E-state index in [0.717, 1.165) is 41.4 Å². The van der Waals surface area contributed by atoms with E-state index in [1.165, 1.54) is 0 Å². The first-order valence-electron chi connectivity index (χ1n) is 15.1. The number of pyridine rings is 1. The molecule has 2 saturated heterocycles. The number of carbonyl (C=O) groups excluding carboxylic acids is 1. The Balaban J connectivity index is 1.43. The Hall–Kier alpha value is -4.10. The zero-order valence-corrected chi connectivity index (χ0v) is 25.2. The molecule has 3 aromatic heterocycles. The zero-order valence-electron chi connectivity index (χ0n) is 25.2. The predicted octanol–water partition coefficient (Wildman–Crippen LogP) is 4.18. The van der Waals surface area contributed by atoms with Crippen LogP contribution in [0, 0.1) is 12.7 Å². The molecule has 0 saturated carbocycles. The largest absolute Gasteiger partial charge is 0.508 e. The summed E-state index contributed by atoms with van der Waals surface area (Å²) in [5, 5.41) is 8.40. The molecular weight excluding hydrogens is 569 g/mol. The first kappa shape index (κ1) is 28.7. The third-order valence-electron chi connectivity index (χ3n) is 8.89. The number of nitrogens with zero attached hydrogens (tertiary/aromatic N) is 6. The molecule has 1 aromatic carbocycles. The molecule has 2 fully saturated rings. The van der Waals surface area contributed by atoms with E-state index >= 15 is 4.39 Å². The summed E-state index contributed by atoms with van der Waals surface area (Å²) in [6, 6.07) is 2.29. The van der Waals surface area contributed by atoms with Gasteiger partial charge in [-0.05, 0) is 70.3 Å². The number of aromatic nitrogens is 5. The number of benzene rings is 1. The van der Waals surface area contributed by atoms with Crippen LogP contribution >= 0.6 is 0 Å². The Morgan fingerprint density at radius 3 is 2.91 bits per heavy atom. The minimum Gasteiger partial charge on any atom is -0.462 e. The van der Waals surface area contributed by atoms with Crippen molar-refractivity contribution in [1.82, 2.24) is 30.0 Å². The lowest BCUT2D eigenvalue weighted by Crippen LogP contribution is -2.46. The fourth-order valence-corrected chi connectivity index (χ4v) is 6.59. The monoisotopic (exact) mass is 605 g/mol. The van der Waals surface area contributed by atoms with Crippen molar-refractivity contribution in [3.8, 4) is 17.3 Å². The lowest BCUT2D eigenvalue weighted by Gasteiger charge is -2.32. The third-order valence-corrected chi connectivity index (χ3v) is 8.89. The molecule has 2 atom stereocenters. The summed E-state index contributed by atoms with van der Waals surface area (Å²) in [6.45, 7) is 6.45. The molecule has 44 heavy (non-hydrogen) atoms. The van der Waals surface area contributed by atoms with Crippen LogP contribution in [-0.4, -0.2) is 101 Å². The van der Waals surface area contributed by atoms with Crippen LogP contribution in [0.4, 0.5) is 15.0 Å². The molecule has 12 nitrogen and oxygen atoms in total. The first-order valence-corrected chi connectivity index (χ1v) is 15.1. The number of fused-ring (bicyclic) bond motifs is 7. The molecule has 4 aromatic rings. The highest BCUT2D eigenvalue weighted by atomic mass is 19.1. The second-order valence-corrected chi connectivity index (χ2v) is 12.2. The summed E-state index contributed by atoms with van der Waals surface area (Å²) >= 11 is 0. The van der Waals surface area contributed by atoms with Crippen molar-refractivity contribution in [2.75, 3.05) is 58.0 Å². The van der Waals surface area contributed by atoms with Gasteiger partial charge >= 0.3 is 12.2 Å². The van der Waals surface area contributed by atoms with Crippen molar-refractivity contribution >= 4 is 33.8 Å². The first-order chi connectivity index (χ1) is 21.3. The number of aryl methyl sites for hydroxylation is 1. The summed E-state index contributed by atoms with van der Waals surface area (Å²) in [4.78, 5) is 31.1. The molecule has 13 heteroatoms. The Morgan fingerprint density at radius 1 is 1.18 bits per heavy atom. The molecule has 4 aliphatic rings. The third kappa shape index (κ3) is 5.28. The van der Waals surface area contributed by atoms with Gasteiger partial charge in [-0.2, -0.15) is 15.1 Å². The maximum absolute atomic E-state index is 16.9. The summed E-state index contributed by atoms with van der Waals surface area (Å²) < 4.78 is 40.3. The molecule has 1 N–H and O–H groups in total. The van der Waals surface area contributed by atoms with Crippen LogP contribution in [0.3, 0.4) is 0 Å². The highest BCUT2D eigenvalue weighted by molar-refractivity contribution is 5.99. The minimum atomic E-state index is -1.04. The van der Waals surface area contributed by atoms with Crippen molar-refractivity contribution in [2.45, 2.75) is 51.2 Å². The van der Waals surface area contributed by atoms with Crippen LogP contribution in [-0.2, 0) is 20.6 Å². The summed E-state index contributed by atoms with van der Waals surface area (Å²) in [6.07, 6.45) is 5.66. The van der Waals surface area contributed by atoms with Crippen molar-refractivity contribution in [1.29, 1.82) is 0 Å². The van der Waals surface area contributed by atoms with E-state index in [-0.39, 0.29) is 43.0 Å². The van der Waals surface area contributed by atoms with Crippen molar-refractivity contribution in [3.63, 3.8) is 0 Å². The summed E-state index contributed by atoms with van der Waals surface area (Å²) in [5.74, 6) is -0.131. The van der Waals surface area contributed by atoms with Gasteiger partial charge in [0.15, 0.2) is 11.4 Å². The fourth-order valence-electron chi connectivity index (χ4n) is 6.59. The number of hydrogen-bond acceptors (Lipinski definition) is 11. The van der Waals surface area contributed by atoms with Crippen LogP contribution in [0.1, 0.15) is 37.3 Å².